The number of anilines is 1. The Morgan fingerprint density at radius 2 is 1.85 bits per heavy atom. The molecule has 3 aromatic rings. The van der Waals surface area contributed by atoms with Gasteiger partial charge in [-0.25, -0.2) is 4.79 Å². The lowest BCUT2D eigenvalue weighted by molar-refractivity contribution is 0.514. The Morgan fingerprint density at radius 3 is 2.65 bits per heavy atom. The zero-order valence-corrected chi connectivity index (χ0v) is 11.6. The molecule has 0 aliphatic rings. The Bertz CT molecular complexity index is 774. The maximum atomic E-state index is 11.8. The molecule has 2 N–H and O–H groups in total. The molecular formula is C15H14N2O2S. The van der Waals surface area contributed by atoms with Gasteiger partial charge in [-0.15, -0.1) is 11.8 Å². The van der Waals surface area contributed by atoms with Gasteiger partial charge in [-0.1, -0.05) is 12.1 Å². The molecule has 3 rings (SSSR count). The standard InChI is InChI=1S/C15H14N2O2S/c16-11-5-7-12(8-6-11)20-10-9-17-13-3-1-2-4-14(13)19-15(17)18/h1-8H,9-10,16H2. The first-order valence-corrected chi connectivity index (χ1v) is 7.29. The van der Waals surface area contributed by atoms with Gasteiger partial charge in [0.25, 0.3) is 0 Å². The predicted octanol–water partition coefficient (Wildman–Crippen LogP) is 2.97. The van der Waals surface area contributed by atoms with Gasteiger partial charge in [0.15, 0.2) is 5.58 Å². The highest BCUT2D eigenvalue weighted by Gasteiger charge is 2.07. The second-order valence-electron chi connectivity index (χ2n) is 4.40. The zero-order valence-electron chi connectivity index (χ0n) is 10.8. The van der Waals surface area contributed by atoms with Gasteiger partial charge in [0.05, 0.1) is 5.52 Å². The Kier molecular flexibility index (Phi) is 3.52. The molecule has 0 fully saturated rings. The molecule has 0 saturated carbocycles. The van der Waals surface area contributed by atoms with E-state index >= 15 is 0 Å². The highest BCUT2D eigenvalue weighted by Crippen LogP contribution is 2.20. The maximum Gasteiger partial charge on any atom is 0.419 e. The Morgan fingerprint density at radius 1 is 1.10 bits per heavy atom. The van der Waals surface area contributed by atoms with Crippen molar-refractivity contribution < 1.29 is 4.42 Å². The van der Waals surface area contributed by atoms with Crippen LogP contribution in [-0.4, -0.2) is 10.3 Å². The van der Waals surface area contributed by atoms with Crippen LogP contribution in [0.4, 0.5) is 5.69 Å². The lowest BCUT2D eigenvalue weighted by Gasteiger charge is -2.03. The maximum absolute atomic E-state index is 11.8. The summed E-state index contributed by atoms with van der Waals surface area (Å²) in [5, 5.41) is 0. The number of para-hydroxylation sites is 2. The molecule has 0 saturated heterocycles. The van der Waals surface area contributed by atoms with Crippen LogP contribution in [0.2, 0.25) is 0 Å². The average Bonchev–Trinajstić information content (AvgIpc) is 2.77. The van der Waals surface area contributed by atoms with Gasteiger partial charge in [0.1, 0.15) is 0 Å². The first-order valence-electron chi connectivity index (χ1n) is 6.31. The van der Waals surface area contributed by atoms with Crippen LogP contribution >= 0.6 is 11.8 Å². The molecule has 1 aromatic heterocycles. The fourth-order valence-corrected chi connectivity index (χ4v) is 2.88. The quantitative estimate of drug-likeness (QED) is 0.591. The summed E-state index contributed by atoms with van der Waals surface area (Å²) in [7, 11) is 0. The molecule has 4 nitrogen and oxygen atoms in total. The molecule has 2 aromatic carbocycles. The van der Waals surface area contributed by atoms with E-state index in [-0.39, 0.29) is 5.76 Å². The minimum absolute atomic E-state index is 0.302. The van der Waals surface area contributed by atoms with Crippen LogP contribution in [0.1, 0.15) is 0 Å². The van der Waals surface area contributed by atoms with Gasteiger partial charge in [0, 0.05) is 22.9 Å². The number of thioether (sulfide) groups is 1. The van der Waals surface area contributed by atoms with Crippen LogP contribution in [0, 0.1) is 0 Å². The molecule has 0 spiro atoms. The minimum Gasteiger partial charge on any atom is -0.408 e. The molecule has 0 bridgehead atoms. The number of oxazole rings is 1. The van der Waals surface area contributed by atoms with E-state index in [4.69, 9.17) is 10.2 Å². The van der Waals surface area contributed by atoms with E-state index in [1.165, 1.54) is 0 Å². The van der Waals surface area contributed by atoms with Crippen molar-refractivity contribution in [2.24, 2.45) is 0 Å². The molecule has 1 heterocycles. The summed E-state index contributed by atoms with van der Waals surface area (Å²) in [6.45, 7) is 0.616. The number of nitrogens with two attached hydrogens (primary N) is 1. The molecule has 0 unspecified atom stereocenters. The summed E-state index contributed by atoms with van der Waals surface area (Å²) in [6.07, 6.45) is 0. The SMILES string of the molecule is Nc1ccc(SCCn2c(=O)oc3ccccc32)cc1. The smallest absolute Gasteiger partial charge is 0.408 e. The average molecular weight is 286 g/mol. The Labute approximate surface area is 120 Å². The normalized spacial score (nSPS) is 11.0. The van der Waals surface area contributed by atoms with Crippen LogP contribution in [0.15, 0.2) is 62.6 Å². The summed E-state index contributed by atoms with van der Waals surface area (Å²) in [6, 6.07) is 15.2. The van der Waals surface area contributed by atoms with Crippen molar-refractivity contribution in [1.29, 1.82) is 0 Å². The van der Waals surface area contributed by atoms with Gasteiger partial charge < -0.3 is 10.2 Å². The van der Waals surface area contributed by atoms with Crippen LogP contribution in [0.25, 0.3) is 11.1 Å². The lowest BCUT2D eigenvalue weighted by Crippen LogP contribution is -2.15. The van der Waals surface area contributed by atoms with Crippen molar-refractivity contribution in [1.82, 2.24) is 4.57 Å². The molecular weight excluding hydrogens is 272 g/mol. The number of fused-ring (bicyclic) bond motifs is 1. The number of nitrogens with zero attached hydrogens (tertiary/aromatic N) is 1. The number of nitrogen functional groups attached to an aromatic ring is 1. The highest BCUT2D eigenvalue weighted by atomic mass is 32.2. The number of hydrogen-bond acceptors (Lipinski definition) is 4. The Balaban J connectivity index is 1.72. The lowest BCUT2D eigenvalue weighted by atomic mass is 10.3. The number of hydrogen-bond donors (Lipinski definition) is 1. The molecule has 0 atom stereocenters. The fourth-order valence-electron chi connectivity index (χ4n) is 2.04. The van der Waals surface area contributed by atoms with E-state index < -0.39 is 0 Å². The van der Waals surface area contributed by atoms with Crippen molar-refractivity contribution in [2.75, 3.05) is 11.5 Å². The van der Waals surface area contributed by atoms with Crippen LogP contribution in [0.5, 0.6) is 0 Å². The molecule has 5 heteroatoms. The van der Waals surface area contributed by atoms with Crippen LogP contribution < -0.4 is 11.5 Å². The van der Waals surface area contributed by atoms with E-state index in [2.05, 4.69) is 0 Å². The third-order valence-electron chi connectivity index (χ3n) is 3.04. The van der Waals surface area contributed by atoms with Gasteiger partial charge in [-0.05, 0) is 36.4 Å². The van der Waals surface area contributed by atoms with Crippen LogP contribution in [-0.2, 0) is 6.54 Å². The zero-order chi connectivity index (χ0) is 13.9. The molecule has 0 amide bonds. The highest BCUT2D eigenvalue weighted by molar-refractivity contribution is 7.99. The molecule has 102 valence electrons. The first kappa shape index (κ1) is 12.9. The summed E-state index contributed by atoms with van der Waals surface area (Å²) in [5.74, 6) is 0.497. The van der Waals surface area contributed by atoms with Gasteiger partial charge in [0.2, 0.25) is 0 Å². The van der Waals surface area contributed by atoms with Gasteiger partial charge in [-0.2, -0.15) is 0 Å². The van der Waals surface area contributed by atoms with E-state index in [0.29, 0.717) is 12.1 Å². The summed E-state index contributed by atoms with van der Waals surface area (Å²) >= 11 is 1.69. The van der Waals surface area contributed by atoms with E-state index in [1.807, 2.05) is 42.5 Å². The van der Waals surface area contributed by atoms with E-state index in [9.17, 15) is 4.79 Å². The second-order valence-corrected chi connectivity index (χ2v) is 5.57. The number of rotatable bonds is 4. The second kappa shape index (κ2) is 5.46. The monoisotopic (exact) mass is 286 g/mol. The summed E-state index contributed by atoms with van der Waals surface area (Å²) in [4.78, 5) is 12.9. The number of benzene rings is 2. The number of aryl methyl sites for hydroxylation is 1. The van der Waals surface area contributed by atoms with Crippen molar-refractivity contribution in [2.45, 2.75) is 11.4 Å². The summed E-state index contributed by atoms with van der Waals surface area (Å²) in [5.41, 5.74) is 7.88. The summed E-state index contributed by atoms with van der Waals surface area (Å²) < 4.78 is 6.87. The molecule has 0 radical (unpaired) electrons. The van der Waals surface area contributed by atoms with Crippen molar-refractivity contribution in [3.63, 3.8) is 0 Å². The van der Waals surface area contributed by atoms with Crippen molar-refractivity contribution in [3.8, 4) is 0 Å². The van der Waals surface area contributed by atoms with E-state index in [0.717, 1.165) is 21.9 Å². The molecule has 20 heavy (non-hydrogen) atoms. The first-order chi connectivity index (χ1) is 9.74. The largest absolute Gasteiger partial charge is 0.419 e. The van der Waals surface area contributed by atoms with E-state index in [1.54, 1.807) is 22.4 Å². The van der Waals surface area contributed by atoms with Crippen LogP contribution in [0.3, 0.4) is 0 Å². The van der Waals surface area contributed by atoms with Crippen molar-refractivity contribution >= 4 is 28.5 Å². The fraction of sp³-hybridized carbons (Fsp3) is 0.133. The molecule has 0 aliphatic heterocycles. The number of aromatic nitrogens is 1. The third kappa shape index (κ3) is 2.58. The van der Waals surface area contributed by atoms with Crippen molar-refractivity contribution in [3.05, 3.63) is 59.1 Å². The minimum atomic E-state index is -0.302. The third-order valence-corrected chi connectivity index (χ3v) is 4.03. The van der Waals surface area contributed by atoms with Gasteiger partial charge >= 0.3 is 5.76 Å². The molecule has 0 aliphatic carbocycles. The van der Waals surface area contributed by atoms with Gasteiger partial charge in [-0.3, -0.25) is 4.57 Å². The Hall–Kier alpha value is -2.14. The topological polar surface area (TPSA) is 61.2 Å². The predicted molar refractivity (Wildman–Crippen MR) is 82.1 cm³/mol.